The monoisotopic (exact) mass is 254 g/mol. The minimum atomic E-state index is 0.315. The third-order valence-electron chi connectivity index (χ3n) is 2.06. The van der Waals surface area contributed by atoms with Crippen LogP contribution in [0.15, 0.2) is 16.9 Å². The Hall–Kier alpha value is -1.10. The van der Waals surface area contributed by atoms with Crippen LogP contribution in [0.5, 0.6) is 0 Å². The standard InChI is InChI=1S/C9H11BrN4/c1-5(2)7-8(11)14-4-6(10)3-12-9(14)13-7/h3-5H,11H2,1-2H3. The third-order valence-corrected chi connectivity index (χ3v) is 2.47. The summed E-state index contributed by atoms with van der Waals surface area (Å²) in [5.41, 5.74) is 6.85. The van der Waals surface area contributed by atoms with Gasteiger partial charge in [-0.05, 0) is 21.8 Å². The molecule has 2 N–H and O–H groups in total. The number of halogens is 1. The van der Waals surface area contributed by atoms with Crippen LogP contribution in [0.25, 0.3) is 5.78 Å². The number of aromatic nitrogens is 3. The zero-order chi connectivity index (χ0) is 10.3. The summed E-state index contributed by atoms with van der Waals surface area (Å²) < 4.78 is 2.68. The molecule has 5 heteroatoms. The molecule has 2 rings (SSSR count). The summed E-state index contributed by atoms with van der Waals surface area (Å²) in [4.78, 5) is 8.53. The first-order valence-electron chi connectivity index (χ1n) is 4.38. The Kier molecular flexibility index (Phi) is 2.19. The number of nitrogens with two attached hydrogens (primary N) is 1. The molecule has 0 bridgehead atoms. The molecule has 14 heavy (non-hydrogen) atoms. The molecule has 0 aliphatic heterocycles. The number of rotatable bonds is 1. The van der Waals surface area contributed by atoms with Gasteiger partial charge in [-0.1, -0.05) is 13.8 Å². The van der Waals surface area contributed by atoms with Crippen molar-refractivity contribution in [1.82, 2.24) is 14.4 Å². The van der Waals surface area contributed by atoms with Crippen molar-refractivity contribution in [2.45, 2.75) is 19.8 Å². The molecule has 2 heterocycles. The van der Waals surface area contributed by atoms with Gasteiger partial charge in [0.15, 0.2) is 0 Å². The highest BCUT2D eigenvalue weighted by molar-refractivity contribution is 9.10. The van der Waals surface area contributed by atoms with Gasteiger partial charge in [-0.2, -0.15) is 0 Å². The number of nitrogens with zero attached hydrogens (tertiary/aromatic N) is 3. The lowest BCUT2D eigenvalue weighted by Gasteiger charge is -2.00. The average Bonchev–Trinajstić information content (AvgIpc) is 2.44. The van der Waals surface area contributed by atoms with Gasteiger partial charge < -0.3 is 5.73 Å². The summed E-state index contributed by atoms with van der Waals surface area (Å²) in [6, 6.07) is 0. The molecule has 0 fully saturated rings. The van der Waals surface area contributed by atoms with Gasteiger partial charge >= 0.3 is 0 Å². The van der Waals surface area contributed by atoms with Gasteiger partial charge in [-0.3, -0.25) is 4.40 Å². The van der Waals surface area contributed by atoms with E-state index in [1.165, 1.54) is 0 Å². The maximum Gasteiger partial charge on any atom is 0.235 e. The first-order valence-corrected chi connectivity index (χ1v) is 5.18. The predicted molar refractivity (Wildman–Crippen MR) is 59.2 cm³/mol. The van der Waals surface area contributed by atoms with Crippen LogP contribution in [-0.2, 0) is 0 Å². The first kappa shape index (κ1) is 9.45. The lowest BCUT2D eigenvalue weighted by molar-refractivity contribution is 0.837. The topological polar surface area (TPSA) is 56.2 Å². The van der Waals surface area contributed by atoms with E-state index in [1.54, 1.807) is 10.6 Å². The van der Waals surface area contributed by atoms with E-state index in [1.807, 2.05) is 6.20 Å². The molecule has 2 aromatic rings. The van der Waals surface area contributed by atoms with Crippen LogP contribution in [0.4, 0.5) is 5.82 Å². The Morgan fingerprint density at radius 2 is 2.21 bits per heavy atom. The number of hydrogen-bond donors (Lipinski definition) is 1. The molecule has 0 amide bonds. The van der Waals surface area contributed by atoms with Crippen molar-refractivity contribution in [3.8, 4) is 0 Å². The Morgan fingerprint density at radius 1 is 1.50 bits per heavy atom. The predicted octanol–water partition coefficient (Wildman–Crippen LogP) is 2.20. The van der Waals surface area contributed by atoms with Gasteiger partial charge in [0, 0.05) is 12.4 Å². The van der Waals surface area contributed by atoms with Crippen LogP contribution in [-0.4, -0.2) is 14.4 Å². The first-order chi connectivity index (χ1) is 6.59. The Balaban J connectivity index is 2.74. The Labute approximate surface area is 90.3 Å². The third kappa shape index (κ3) is 1.37. The van der Waals surface area contributed by atoms with Crippen LogP contribution in [0.2, 0.25) is 0 Å². The molecule has 0 saturated carbocycles. The largest absolute Gasteiger partial charge is 0.383 e. The smallest absolute Gasteiger partial charge is 0.235 e. The van der Waals surface area contributed by atoms with Crippen LogP contribution < -0.4 is 5.73 Å². The molecular formula is C9H11BrN4. The molecular weight excluding hydrogens is 244 g/mol. The number of imidazole rings is 1. The minimum Gasteiger partial charge on any atom is -0.383 e. The van der Waals surface area contributed by atoms with Gasteiger partial charge in [0.05, 0.1) is 10.2 Å². The summed E-state index contributed by atoms with van der Waals surface area (Å²) in [6.45, 7) is 4.13. The van der Waals surface area contributed by atoms with E-state index in [2.05, 4.69) is 39.7 Å². The molecule has 74 valence electrons. The van der Waals surface area contributed by atoms with E-state index < -0.39 is 0 Å². The minimum absolute atomic E-state index is 0.315. The SMILES string of the molecule is CC(C)c1nc2ncc(Br)cn2c1N. The lowest BCUT2D eigenvalue weighted by Crippen LogP contribution is -1.97. The number of fused-ring (bicyclic) bond motifs is 1. The van der Waals surface area contributed by atoms with E-state index in [4.69, 9.17) is 5.73 Å². The summed E-state index contributed by atoms with van der Waals surface area (Å²) >= 11 is 3.35. The molecule has 0 radical (unpaired) electrons. The zero-order valence-corrected chi connectivity index (χ0v) is 9.62. The van der Waals surface area contributed by atoms with Crippen molar-refractivity contribution in [2.24, 2.45) is 0 Å². The van der Waals surface area contributed by atoms with Crippen LogP contribution in [0, 0.1) is 0 Å². The molecule has 4 nitrogen and oxygen atoms in total. The quantitative estimate of drug-likeness (QED) is 0.849. The van der Waals surface area contributed by atoms with Crippen LogP contribution >= 0.6 is 15.9 Å². The molecule has 0 aromatic carbocycles. The van der Waals surface area contributed by atoms with Crippen LogP contribution in [0.3, 0.4) is 0 Å². The highest BCUT2D eigenvalue weighted by Crippen LogP contribution is 2.22. The van der Waals surface area contributed by atoms with E-state index in [0.717, 1.165) is 10.2 Å². The number of anilines is 1. The van der Waals surface area contributed by atoms with Crippen molar-refractivity contribution in [3.05, 3.63) is 22.6 Å². The summed E-state index contributed by atoms with van der Waals surface area (Å²) in [5.74, 6) is 1.63. The molecule has 0 aliphatic carbocycles. The van der Waals surface area contributed by atoms with Crippen molar-refractivity contribution >= 4 is 27.5 Å². The fourth-order valence-electron chi connectivity index (χ4n) is 1.37. The highest BCUT2D eigenvalue weighted by Gasteiger charge is 2.12. The Bertz CT molecular complexity index is 475. The van der Waals surface area contributed by atoms with E-state index >= 15 is 0 Å². The number of hydrogen-bond acceptors (Lipinski definition) is 3. The summed E-state index contributed by atoms with van der Waals surface area (Å²) in [7, 11) is 0. The maximum atomic E-state index is 5.95. The molecule has 2 aromatic heterocycles. The maximum absolute atomic E-state index is 5.95. The second kappa shape index (κ2) is 3.24. The Morgan fingerprint density at radius 3 is 2.86 bits per heavy atom. The molecule has 0 unspecified atom stereocenters. The van der Waals surface area contributed by atoms with Crippen molar-refractivity contribution in [1.29, 1.82) is 0 Å². The van der Waals surface area contributed by atoms with Crippen molar-refractivity contribution in [3.63, 3.8) is 0 Å². The highest BCUT2D eigenvalue weighted by atomic mass is 79.9. The van der Waals surface area contributed by atoms with Crippen LogP contribution in [0.1, 0.15) is 25.5 Å². The zero-order valence-electron chi connectivity index (χ0n) is 8.03. The second-order valence-corrected chi connectivity index (χ2v) is 4.39. The molecule has 0 saturated heterocycles. The van der Waals surface area contributed by atoms with Crippen molar-refractivity contribution < 1.29 is 0 Å². The van der Waals surface area contributed by atoms with Gasteiger partial charge in [0.25, 0.3) is 0 Å². The summed E-state index contributed by atoms with van der Waals surface area (Å²) in [6.07, 6.45) is 3.59. The fraction of sp³-hybridized carbons (Fsp3) is 0.333. The average molecular weight is 255 g/mol. The normalized spacial score (nSPS) is 11.4. The molecule has 0 aliphatic rings. The molecule has 0 spiro atoms. The van der Waals surface area contributed by atoms with E-state index in [0.29, 0.717) is 17.5 Å². The van der Waals surface area contributed by atoms with E-state index in [-0.39, 0.29) is 0 Å². The van der Waals surface area contributed by atoms with Gasteiger partial charge in [-0.15, -0.1) is 0 Å². The van der Waals surface area contributed by atoms with Crippen molar-refractivity contribution in [2.75, 3.05) is 5.73 Å². The fourth-order valence-corrected chi connectivity index (χ4v) is 1.68. The van der Waals surface area contributed by atoms with Gasteiger partial charge in [0.2, 0.25) is 5.78 Å². The summed E-state index contributed by atoms with van der Waals surface area (Å²) in [5, 5.41) is 0. The lowest BCUT2D eigenvalue weighted by atomic mass is 10.1. The van der Waals surface area contributed by atoms with E-state index in [9.17, 15) is 0 Å². The second-order valence-electron chi connectivity index (χ2n) is 3.48. The molecule has 0 atom stereocenters. The van der Waals surface area contributed by atoms with Gasteiger partial charge in [-0.25, -0.2) is 9.97 Å². The number of nitrogen functional groups attached to an aromatic ring is 1. The van der Waals surface area contributed by atoms with Gasteiger partial charge in [0.1, 0.15) is 5.82 Å².